The number of hydrogen-bond acceptors (Lipinski definition) is 1. The lowest BCUT2D eigenvalue weighted by Crippen LogP contribution is -2.57. The average Bonchev–Trinajstić information content (AvgIpc) is 2.61. The van der Waals surface area contributed by atoms with Crippen LogP contribution in [0, 0.1) is 28.1 Å². The van der Waals surface area contributed by atoms with Gasteiger partial charge in [-0.05, 0) is 48.3 Å². The Kier molecular flexibility index (Phi) is 2.34. The Balaban J connectivity index is 2.09. The third-order valence-electron chi connectivity index (χ3n) is 6.73. The molecule has 0 radical (unpaired) electrons. The van der Waals surface area contributed by atoms with Crippen LogP contribution in [0.4, 0.5) is 0 Å². The molecule has 17 heavy (non-hydrogen) atoms. The van der Waals surface area contributed by atoms with Crippen molar-refractivity contribution in [1.29, 1.82) is 0 Å². The third-order valence-corrected chi connectivity index (χ3v) is 6.73. The van der Waals surface area contributed by atoms with Crippen LogP contribution in [0.1, 0.15) is 46.5 Å². The molecule has 0 amide bonds. The Morgan fingerprint density at radius 2 is 1.94 bits per heavy atom. The second-order valence-electron chi connectivity index (χ2n) is 7.29. The van der Waals surface area contributed by atoms with Crippen molar-refractivity contribution in [3.63, 3.8) is 0 Å². The second kappa shape index (κ2) is 3.38. The molecule has 0 aromatic carbocycles. The largest absolute Gasteiger partial charge is 0.384 e. The van der Waals surface area contributed by atoms with Crippen molar-refractivity contribution in [3.05, 3.63) is 12.2 Å². The fourth-order valence-corrected chi connectivity index (χ4v) is 5.40. The first-order valence-corrected chi connectivity index (χ1v) is 7.18. The van der Waals surface area contributed by atoms with Crippen molar-refractivity contribution in [2.45, 2.75) is 46.5 Å². The summed E-state index contributed by atoms with van der Waals surface area (Å²) in [5, 5.41) is 0. The zero-order chi connectivity index (χ0) is 12.3. The summed E-state index contributed by atoms with van der Waals surface area (Å²) >= 11 is 0. The number of fused-ring (bicyclic) bond motifs is 1. The zero-order valence-corrected chi connectivity index (χ0v) is 11.8. The maximum atomic E-state index is 5.56. The zero-order valence-electron chi connectivity index (χ0n) is 11.8. The Bertz CT molecular complexity index is 357. The van der Waals surface area contributed by atoms with Crippen molar-refractivity contribution in [1.82, 2.24) is 0 Å². The highest BCUT2D eigenvalue weighted by Gasteiger charge is 2.64. The molecule has 4 aliphatic carbocycles. The Morgan fingerprint density at radius 3 is 2.53 bits per heavy atom. The van der Waals surface area contributed by atoms with Gasteiger partial charge in [-0.15, -0.1) is 0 Å². The lowest BCUT2D eigenvalue weighted by molar-refractivity contribution is -0.111. The van der Waals surface area contributed by atoms with Gasteiger partial charge >= 0.3 is 0 Å². The van der Waals surface area contributed by atoms with Gasteiger partial charge in [0, 0.05) is 12.5 Å². The molecule has 0 aliphatic heterocycles. The van der Waals surface area contributed by atoms with Gasteiger partial charge in [-0.1, -0.05) is 32.9 Å². The van der Waals surface area contributed by atoms with E-state index in [0.717, 1.165) is 18.4 Å². The van der Waals surface area contributed by atoms with Gasteiger partial charge in [0.1, 0.15) is 0 Å². The molecule has 0 saturated heterocycles. The second-order valence-corrected chi connectivity index (χ2v) is 7.29. The van der Waals surface area contributed by atoms with Gasteiger partial charge < -0.3 is 4.74 Å². The van der Waals surface area contributed by atoms with Gasteiger partial charge in [0.05, 0.1) is 6.61 Å². The highest BCUT2D eigenvalue weighted by molar-refractivity contribution is 5.28. The van der Waals surface area contributed by atoms with Crippen LogP contribution in [-0.2, 0) is 4.74 Å². The van der Waals surface area contributed by atoms with E-state index in [-0.39, 0.29) is 0 Å². The van der Waals surface area contributed by atoms with Gasteiger partial charge in [-0.2, -0.15) is 0 Å². The quantitative estimate of drug-likeness (QED) is 0.655. The highest BCUT2D eigenvalue weighted by Crippen LogP contribution is 2.71. The number of methoxy groups -OCH3 is 1. The lowest BCUT2D eigenvalue weighted by atomic mass is 9.42. The maximum Gasteiger partial charge on any atom is 0.0558 e. The van der Waals surface area contributed by atoms with Gasteiger partial charge in [-0.25, -0.2) is 0 Å². The van der Waals surface area contributed by atoms with Crippen molar-refractivity contribution in [3.8, 4) is 0 Å². The van der Waals surface area contributed by atoms with Crippen molar-refractivity contribution in [2.75, 3.05) is 13.7 Å². The standard InChI is InChI=1S/C16H26O/c1-12-5-6-13-14(2,3)15(11-17-4)7-9-16(12,13)10-8-15/h7,9,12-13H,5-6,8,10-11H2,1-4H3. The van der Waals surface area contributed by atoms with E-state index >= 15 is 0 Å². The first-order valence-electron chi connectivity index (χ1n) is 7.18. The molecule has 0 aromatic heterocycles. The molecule has 0 heterocycles. The number of hydrogen-bond donors (Lipinski definition) is 0. The topological polar surface area (TPSA) is 9.23 Å². The summed E-state index contributed by atoms with van der Waals surface area (Å²) in [6.45, 7) is 8.35. The molecule has 4 rings (SSSR count). The van der Waals surface area contributed by atoms with Crippen LogP contribution < -0.4 is 0 Å². The molecular weight excluding hydrogens is 208 g/mol. The van der Waals surface area contributed by atoms with E-state index in [1.54, 1.807) is 0 Å². The van der Waals surface area contributed by atoms with Crippen LogP contribution in [-0.4, -0.2) is 13.7 Å². The number of rotatable bonds is 2. The first kappa shape index (κ1) is 11.8. The van der Waals surface area contributed by atoms with Crippen LogP contribution >= 0.6 is 0 Å². The molecular formula is C16H26O. The number of ether oxygens (including phenoxy) is 1. The fraction of sp³-hybridized carbons (Fsp3) is 0.875. The Hall–Kier alpha value is -0.300. The predicted octanol–water partition coefficient (Wildman–Crippen LogP) is 4.04. The molecule has 4 atom stereocenters. The molecule has 1 spiro atoms. The summed E-state index contributed by atoms with van der Waals surface area (Å²) in [6.07, 6.45) is 10.7. The van der Waals surface area contributed by atoms with Gasteiger partial charge in [0.25, 0.3) is 0 Å². The van der Waals surface area contributed by atoms with Crippen molar-refractivity contribution >= 4 is 0 Å². The monoisotopic (exact) mass is 234 g/mol. The molecule has 2 fully saturated rings. The van der Waals surface area contributed by atoms with Crippen LogP contribution in [0.5, 0.6) is 0 Å². The molecule has 1 heteroatoms. The summed E-state index contributed by atoms with van der Waals surface area (Å²) in [5.41, 5.74) is 1.23. The van der Waals surface area contributed by atoms with Gasteiger partial charge in [-0.3, -0.25) is 0 Å². The Labute approximate surface area is 106 Å². The molecule has 2 saturated carbocycles. The van der Waals surface area contributed by atoms with Crippen LogP contribution in [0.25, 0.3) is 0 Å². The molecule has 2 bridgehead atoms. The predicted molar refractivity (Wildman–Crippen MR) is 70.8 cm³/mol. The van der Waals surface area contributed by atoms with E-state index in [0.29, 0.717) is 16.2 Å². The first-order chi connectivity index (χ1) is 7.98. The summed E-state index contributed by atoms with van der Waals surface area (Å²) < 4.78 is 5.56. The van der Waals surface area contributed by atoms with Crippen molar-refractivity contribution in [2.24, 2.45) is 28.1 Å². The van der Waals surface area contributed by atoms with Crippen LogP contribution in [0.3, 0.4) is 0 Å². The van der Waals surface area contributed by atoms with Gasteiger partial charge in [0.2, 0.25) is 0 Å². The summed E-state index contributed by atoms with van der Waals surface area (Å²) in [7, 11) is 1.85. The third kappa shape index (κ3) is 1.19. The summed E-state index contributed by atoms with van der Waals surface area (Å²) in [5.74, 6) is 1.75. The fourth-order valence-electron chi connectivity index (χ4n) is 5.40. The normalized spacial score (nSPS) is 50.6. The molecule has 96 valence electrons. The maximum absolute atomic E-state index is 5.56. The van der Waals surface area contributed by atoms with Gasteiger partial charge in [0.15, 0.2) is 0 Å². The van der Waals surface area contributed by atoms with E-state index in [1.807, 2.05) is 7.11 Å². The molecule has 4 unspecified atom stereocenters. The van der Waals surface area contributed by atoms with Crippen LogP contribution in [0.2, 0.25) is 0 Å². The SMILES string of the molecule is COCC12C=CC3(CC1)C(C)CCC3C2(C)C. The highest BCUT2D eigenvalue weighted by atomic mass is 16.5. The van der Waals surface area contributed by atoms with E-state index in [9.17, 15) is 0 Å². The lowest BCUT2D eigenvalue weighted by Gasteiger charge is -2.62. The minimum absolute atomic E-state index is 0.304. The van der Waals surface area contributed by atoms with E-state index in [1.165, 1.54) is 25.7 Å². The van der Waals surface area contributed by atoms with E-state index < -0.39 is 0 Å². The minimum atomic E-state index is 0.304. The average molecular weight is 234 g/mol. The smallest absolute Gasteiger partial charge is 0.0558 e. The van der Waals surface area contributed by atoms with Crippen molar-refractivity contribution < 1.29 is 4.74 Å². The van der Waals surface area contributed by atoms with E-state index in [4.69, 9.17) is 4.74 Å². The molecule has 0 aromatic rings. The molecule has 1 nitrogen and oxygen atoms in total. The summed E-state index contributed by atoms with van der Waals surface area (Å²) in [6, 6.07) is 0. The summed E-state index contributed by atoms with van der Waals surface area (Å²) in [4.78, 5) is 0. The Morgan fingerprint density at radius 1 is 1.18 bits per heavy atom. The van der Waals surface area contributed by atoms with E-state index in [2.05, 4.69) is 32.9 Å². The number of allylic oxidation sites excluding steroid dienone is 1. The molecule has 0 N–H and O–H groups in total. The van der Waals surface area contributed by atoms with Crippen LogP contribution in [0.15, 0.2) is 12.2 Å². The minimum Gasteiger partial charge on any atom is -0.384 e. The molecule has 4 aliphatic rings.